The summed E-state index contributed by atoms with van der Waals surface area (Å²) >= 11 is 0. The maximum Gasteiger partial charge on any atom is 0.336 e. The van der Waals surface area contributed by atoms with Gasteiger partial charge in [0.1, 0.15) is 6.04 Å². The van der Waals surface area contributed by atoms with E-state index in [0.717, 1.165) is 51.4 Å². The molecule has 0 bridgehead atoms. The molecule has 0 aromatic heterocycles. The normalized spacial score (nSPS) is 13.3. The summed E-state index contributed by atoms with van der Waals surface area (Å²) in [5.41, 5.74) is 4.65. The van der Waals surface area contributed by atoms with Crippen LogP contribution in [0.5, 0.6) is 0 Å². The molecule has 2 unspecified atom stereocenters. The Balaban J connectivity index is 5.44. The van der Waals surface area contributed by atoms with Crippen LogP contribution in [0, 0.1) is 5.92 Å². The summed E-state index contributed by atoms with van der Waals surface area (Å²) in [5.74, 6) is 8.82. The first kappa shape index (κ1) is 44.1. The number of rotatable bonds is 30. The quantitative estimate of drug-likeness (QED) is 0.0134. The Hall–Kier alpha value is -2.86. The van der Waals surface area contributed by atoms with Crippen LogP contribution in [0.3, 0.4) is 0 Å². The number of nitrogens with zero attached hydrogens (tertiary/aromatic N) is 3. The second kappa shape index (κ2) is 28.2. The molecule has 10 N–H and O–H groups in total. The van der Waals surface area contributed by atoms with Crippen molar-refractivity contribution in [3.05, 3.63) is 0 Å². The summed E-state index contributed by atoms with van der Waals surface area (Å²) in [6.45, 7) is 7.13. The molecule has 16 nitrogen and oxygen atoms in total. The molecule has 0 fully saturated rings. The molecule has 0 radical (unpaired) electrons. The number of carbonyl (C=O) groups excluding carboxylic acids is 3. The number of carbonyl (C=O) groups is 3. The highest BCUT2D eigenvalue weighted by Gasteiger charge is 2.33. The standard InChI is InChI=1S/C30H62N10O6S/c1-4-5-6-7-8-10-15-26(21-28(41)35-18-12-9-11-16-33-23-37-31)40(47(44,45)46)22-29(42)39-27(20-25(2)3)30(43)36-19-14-13-17-34-24-38-32/h23-27H,4-22,31-32H2,1-3H3,(H,33,37)(H,34,38)(H,35,41)(H,36,43)(H,39,42)(H,44,45,46). The number of amides is 3. The Kier molecular flexibility index (Phi) is 26.5. The zero-order valence-electron chi connectivity index (χ0n) is 28.7. The molecule has 0 aliphatic rings. The fourth-order valence-electron chi connectivity index (χ4n) is 4.91. The van der Waals surface area contributed by atoms with Crippen molar-refractivity contribution in [1.29, 1.82) is 0 Å². The van der Waals surface area contributed by atoms with E-state index in [0.29, 0.717) is 62.6 Å². The van der Waals surface area contributed by atoms with E-state index < -0.39 is 34.8 Å². The SMILES string of the molecule is CCCCCCCCC(CC(=O)NCCCCCN=CNN)N(CC(=O)NC(CC(C)C)C(=O)NCCCCN=CNN)S(=O)(=O)O. The van der Waals surface area contributed by atoms with Gasteiger partial charge >= 0.3 is 10.3 Å². The molecule has 0 saturated carbocycles. The van der Waals surface area contributed by atoms with E-state index in [4.69, 9.17) is 11.7 Å². The van der Waals surface area contributed by atoms with E-state index in [1.165, 1.54) is 12.7 Å². The minimum absolute atomic E-state index is 0.0571. The van der Waals surface area contributed by atoms with E-state index in [2.05, 4.69) is 43.7 Å². The summed E-state index contributed by atoms with van der Waals surface area (Å²) in [6.07, 6.45) is 12.6. The van der Waals surface area contributed by atoms with Crippen molar-refractivity contribution < 1.29 is 27.4 Å². The number of hydrogen-bond donors (Lipinski definition) is 8. The monoisotopic (exact) mass is 690 g/mol. The van der Waals surface area contributed by atoms with Gasteiger partial charge in [0, 0.05) is 38.6 Å². The topological polar surface area (TPSA) is 246 Å². The molecule has 0 saturated heterocycles. The predicted molar refractivity (Wildman–Crippen MR) is 187 cm³/mol. The van der Waals surface area contributed by atoms with Crippen molar-refractivity contribution in [1.82, 2.24) is 31.1 Å². The van der Waals surface area contributed by atoms with Crippen LogP contribution >= 0.6 is 0 Å². The fraction of sp³-hybridized carbons (Fsp3) is 0.833. The van der Waals surface area contributed by atoms with Crippen LogP contribution in [0.4, 0.5) is 0 Å². The first-order chi connectivity index (χ1) is 22.5. The molecule has 17 heteroatoms. The molecule has 47 heavy (non-hydrogen) atoms. The molecular weight excluding hydrogens is 628 g/mol. The molecular formula is C30H62N10O6S. The van der Waals surface area contributed by atoms with E-state index in [1.807, 2.05) is 13.8 Å². The maximum atomic E-state index is 13.2. The Labute approximate surface area is 281 Å². The van der Waals surface area contributed by atoms with E-state index in [9.17, 15) is 27.4 Å². The molecule has 0 aromatic rings. The van der Waals surface area contributed by atoms with Gasteiger partial charge in [-0.1, -0.05) is 59.3 Å². The van der Waals surface area contributed by atoms with Gasteiger partial charge in [-0.05, 0) is 50.9 Å². The van der Waals surface area contributed by atoms with Crippen LogP contribution in [-0.2, 0) is 24.7 Å². The average Bonchev–Trinajstić information content (AvgIpc) is 3.00. The first-order valence-corrected chi connectivity index (χ1v) is 18.3. The molecule has 0 heterocycles. The van der Waals surface area contributed by atoms with Crippen LogP contribution in [0.1, 0.15) is 111 Å². The van der Waals surface area contributed by atoms with Crippen LogP contribution in [0.25, 0.3) is 0 Å². The first-order valence-electron chi connectivity index (χ1n) is 16.9. The number of hydrogen-bond acceptors (Lipinski definition) is 9. The maximum absolute atomic E-state index is 13.2. The molecule has 2 atom stereocenters. The molecule has 0 aliphatic heterocycles. The number of unbranched alkanes of at least 4 members (excludes halogenated alkanes) is 8. The summed E-state index contributed by atoms with van der Waals surface area (Å²) < 4.78 is 36.0. The summed E-state index contributed by atoms with van der Waals surface area (Å²) in [6, 6.07) is -1.84. The highest BCUT2D eigenvalue weighted by molar-refractivity contribution is 7.83. The molecule has 0 aliphatic carbocycles. The Morgan fingerprint density at radius 3 is 1.96 bits per heavy atom. The summed E-state index contributed by atoms with van der Waals surface area (Å²) in [7, 11) is -4.86. The minimum Gasteiger partial charge on any atom is -0.356 e. The number of hydrazine groups is 2. The van der Waals surface area contributed by atoms with Gasteiger partial charge in [-0.15, -0.1) is 0 Å². The van der Waals surface area contributed by atoms with Crippen LogP contribution in [0.15, 0.2) is 9.98 Å². The largest absolute Gasteiger partial charge is 0.356 e. The summed E-state index contributed by atoms with van der Waals surface area (Å²) in [5, 5.41) is 8.28. The van der Waals surface area contributed by atoms with Crippen molar-refractivity contribution in [2.45, 2.75) is 123 Å². The smallest absolute Gasteiger partial charge is 0.336 e. The van der Waals surface area contributed by atoms with Gasteiger partial charge in [-0.3, -0.25) is 28.9 Å². The van der Waals surface area contributed by atoms with Crippen LogP contribution in [0.2, 0.25) is 0 Å². The van der Waals surface area contributed by atoms with Gasteiger partial charge < -0.3 is 26.8 Å². The molecule has 274 valence electrons. The average molecular weight is 691 g/mol. The zero-order chi connectivity index (χ0) is 35.3. The van der Waals surface area contributed by atoms with Gasteiger partial charge in [-0.25, -0.2) is 11.7 Å². The lowest BCUT2D eigenvalue weighted by molar-refractivity contribution is -0.129. The van der Waals surface area contributed by atoms with E-state index in [1.54, 1.807) is 0 Å². The lowest BCUT2D eigenvalue weighted by Crippen LogP contribution is -2.52. The highest BCUT2D eigenvalue weighted by Crippen LogP contribution is 2.18. The third-order valence-electron chi connectivity index (χ3n) is 7.30. The van der Waals surface area contributed by atoms with Crippen molar-refractivity contribution in [3.63, 3.8) is 0 Å². The molecule has 0 spiro atoms. The third kappa shape index (κ3) is 24.9. The van der Waals surface area contributed by atoms with Crippen molar-refractivity contribution in [2.75, 3.05) is 32.7 Å². The predicted octanol–water partition coefficient (Wildman–Crippen LogP) is 1.30. The van der Waals surface area contributed by atoms with Crippen molar-refractivity contribution >= 4 is 40.7 Å². The van der Waals surface area contributed by atoms with Crippen LogP contribution < -0.4 is 38.5 Å². The molecule has 0 rings (SSSR count). The minimum atomic E-state index is -4.86. The van der Waals surface area contributed by atoms with Gasteiger partial charge in [0.25, 0.3) is 0 Å². The number of nitrogens with one attached hydrogen (secondary N) is 5. The Morgan fingerprint density at radius 1 is 0.809 bits per heavy atom. The highest BCUT2D eigenvalue weighted by atomic mass is 32.2. The lowest BCUT2D eigenvalue weighted by Gasteiger charge is -2.29. The van der Waals surface area contributed by atoms with Gasteiger partial charge in [-0.2, -0.15) is 12.7 Å². The van der Waals surface area contributed by atoms with Gasteiger partial charge in [0.2, 0.25) is 17.7 Å². The summed E-state index contributed by atoms with van der Waals surface area (Å²) in [4.78, 5) is 47.1. The fourth-order valence-corrected chi connectivity index (χ4v) is 5.74. The third-order valence-corrected chi connectivity index (χ3v) is 8.32. The lowest BCUT2D eigenvalue weighted by atomic mass is 10.0. The van der Waals surface area contributed by atoms with E-state index in [-0.39, 0.29) is 24.2 Å². The second-order valence-electron chi connectivity index (χ2n) is 12.0. The van der Waals surface area contributed by atoms with Crippen molar-refractivity contribution in [2.24, 2.45) is 27.6 Å². The van der Waals surface area contributed by atoms with Gasteiger partial charge in [0.05, 0.1) is 19.2 Å². The number of nitrogens with two attached hydrogens (primary N) is 2. The van der Waals surface area contributed by atoms with Gasteiger partial charge in [0.15, 0.2) is 0 Å². The van der Waals surface area contributed by atoms with E-state index >= 15 is 0 Å². The van der Waals surface area contributed by atoms with Crippen molar-refractivity contribution in [3.8, 4) is 0 Å². The Bertz CT molecular complexity index is 1010. The molecule has 3 amide bonds. The zero-order valence-corrected chi connectivity index (χ0v) is 29.5. The second-order valence-corrected chi connectivity index (χ2v) is 13.4. The Morgan fingerprint density at radius 2 is 1.36 bits per heavy atom. The van der Waals surface area contributed by atoms with Crippen LogP contribution in [-0.4, -0.2) is 92.5 Å². The molecule has 0 aromatic carbocycles. The number of aliphatic imine (C=N–C) groups is 2.